The van der Waals surface area contributed by atoms with Crippen molar-refractivity contribution in [3.63, 3.8) is 0 Å². The third-order valence-corrected chi connectivity index (χ3v) is 4.82. The molecule has 26 heavy (non-hydrogen) atoms. The maximum atomic E-state index is 11.5. The average molecular weight is 379 g/mol. The Labute approximate surface area is 151 Å². The lowest BCUT2D eigenvalue weighted by Gasteiger charge is -2.21. The van der Waals surface area contributed by atoms with Gasteiger partial charge in [-0.2, -0.15) is 0 Å². The minimum Gasteiger partial charge on any atom is -0.497 e. The van der Waals surface area contributed by atoms with Gasteiger partial charge in [0.15, 0.2) is 0 Å². The van der Waals surface area contributed by atoms with Gasteiger partial charge in [0.2, 0.25) is 0 Å². The molecule has 0 aliphatic carbocycles. The van der Waals surface area contributed by atoms with Crippen molar-refractivity contribution in [1.82, 2.24) is 4.57 Å². The Morgan fingerprint density at radius 3 is 1.88 bits per heavy atom. The van der Waals surface area contributed by atoms with Crippen LogP contribution in [0.5, 0.6) is 11.5 Å². The summed E-state index contributed by atoms with van der Waals surface area (Å²) in [6.07, 6.45) is 0.378. The number of benzene rings is 2. The van der Waals surface area contributed by atoms with Crippen LogP contribution >= 0.6 is 7.82 Å². The van der Waals surface area contributed by atoms with E-state index in [-0.39, 0.29) is 0 Å². The zero-order valence-corrected chi connectivity index (χ0v) is 15.8. The number of fused-ring (bicyclic) bond motifs is 3. The van der Waals surface area contributed by atoms with Gasteiger partial charge in [-0.15, -0.1) is 0 Å². The summed E-state index contributed by atoms with van der Waals surface area (Å²) in [5, 5.41) is 1.79. The summed E-state index contributed by atoms with van der Waals surface area (Å²) in [5.74, 6) is 1.39. The van der Waals surface area contributed by atoms with E-state index in [1.807, 2.05) is 47.9 Å². The van der Waals surface area contributed by atoms with Crippen molar-refractivity contribution in [3.05, 3.63) is 36.4 Å². The van der Waals surface area contributed by atoms with Crippen LogP contribution in [0.1, 0.15) is 26.0 Å². The van der Waals surface area contributed by atoms with E-state index < -0.39 is 14.1 Å². The lowest BCUT2D eigenvalue weighted by Crippen LogP contribution is -2.11. The fourth-order valence-corrected chi connectivity index (χ4v) is 3.73. The van der Waals surface area contributed by atoms with E-state index in [9.17, 15) is 14.4 Å². The molecule has 0 aliphatic rings. The molecule has 7 nitrogen and oxygen atoms in total. The number of aromatic nitrogens is 1. The number of rotatable bonds is 7. The molecule has 0 radical (unpaired) electrons. The summed E-state index contributed by atoms with van der Waals surface area (Å²) < 4.78 is 29.1. The Balaban J connectivity index is 2.32. The molecule has 1 heterocycles. The molecule has 1 atom stereocenters. The van der Waals surface area contributed by atoms with Gasteiger partial charge in [0.1, 0.15) is 17.7 Å². The van der Waals surface area contributed by atoms with Crippen molar-refractivity contribution in [1.29, 1.82) is 0 Å². The third-order valence-electron chi connectivity index (χ3n) is 4.30. The highest BCUT2D eigenvalue weighted by atomic mass is 31.2. The Hall–Kier alpha value is -2.05. The number of methoxy groups -OCH3 is 2. The van der Waals surface area contributed by atoms with Crippen molar-refractivity contribution in [2.24, 2.45) is 0 Å². The molecule has 0 spiro atoms. The lowest BCUT2D eigenvalue weighted by molar-refractivity contribution is 0.0822. The van der Waals surface area contributed by atoms with Crippen LogP contribution in [-0.4, -0.2) is 28.6 Å². The molecule has 8 heteroatoms. The summed E-state index contributed by atoms with van der Waals surface area (Å²) in [5.41, 5.74) is 1.61. The van der Waals surface area contributed by atoms with E-state index in [4.69, 9.17) is 14.0 Å². The second-order valence-electron chi connectivity index (χ2n) is 5.98. The molecule has 140 valence electrons. The molecule has 1 aromatic heterocycles. The van der Waals surface area contributed by atoms with Crippen LogP contribution in [-0.2, 0) is 9.09 Å². The number of hydrogen-bond donors (Lipinski definition) is 2. The first-order chi connectivity index (χ1) is 12.4. The molecule has 0 fully saturated rings. The number of phosphoric ester groups is 1. The largest absolute Gasteiger partial charge is 0.497 e. The molecule has 3 aromatic rings. The third kappa shape index (κ3) is 3.57. The van der Waals surface area contributed by atoms with E-state index in [0.29, 0.717) is 24.3 Å². The predicted molar refractivity (Wildman–Crippen MR) is 99.6 cm³/mol. The van der Waals surface area contributed by atoms with Gasteiger partial charge in [0, 0.05) is 10.8 Å². The molecule has 2 N–H and O–H groups in total. The first-order valence-corrected chi connectivity index (χ1v) is 9.80. The summed E-state index contributed by atoms with van der Waals surface area (Å²) in [4.78, 5) is 18.7. The summed E-state index contributed by atoms with van der Waals surface area (Å²) >= 11 is 0. The van der Waals surface area contributed by atoms with Crippen molar-refractivity contribution in [3.8, 4) is 11.5 Å². The van der Waals surface area contributed by atoms with E-state index in [2.05, 4.69) is 0 Å². The highest BCUT2D eigenvalue weighted by Gasteiger charge is 2.26. The van der Waals surface area contributed by atoms with Crippen LogP contribution < -0.4 is 9.47 Å². The van der Waals surface area contributed by atoms with E-state index in [1.54, 1.807) is 14.2 Å². The summed E-state index contributed by atoms with van der Waals surface area (Å²) in [6.45, 7) is 1.94. The molecular weight excluding hydrogens is 357 g/mol. The average Bonchev–Trinajstić information content (AvgIpc) is 2.92. The first-order valence-electron chi connectivity index (χ1n) is 8.27. The standard InChI is InChI=1S/C18H22NO6P/c1-4-5-18(25-26(20,21)22)19-16-8-6-12(23-2)10-14(16)15-11-13(24-3)7-9-17(15)19/h6-11,18H,4-5H2,1-3H3,(H2,20,21,22). The van der Waals surface area contributed by atoms with Crippen molar-refractivity contribution in [2.75, 3.05) is 14.2 Å². The van der Waals surface area contributed by atoms with Crippen molar-refractivity contribution in [2.45, 2.75) is 26.0 Å². The van der Waals surface area contributed by atoms with Gasteiger partial charge in [-0.1, -0.05) is 13.3 Å². The highest BCUT2D eigenvalue weighted by Crippen LogP contribution is 2.45. The van der Waals surface area contributed by atoms with Gasteiger partial charge in [0.05, 0.1) is 25.3 Å². The SMILES string of the molecule is CCCC(OP(=O)(O)O)n1c2ccc(OC)cc2c2cc(OC)ccc21. The van der Waals surface area contributed by atoms with Crippen LogP contribution in [0.4, 0.5) is 0 Å². The van der Waals surface area contributed by atoms with Crippen LogP contribution in [0.15, 0.2) is 36.4 Å². The molecule has 0 saturated carbocycles. The van der Waals surface area contributed by atoms with Crippen LogP contribution in [0.2, 0.25) is 0 Å². The lowest BCUT2D eigenvalue weighted by atomic mass is 10.1. The summed E-state index contributed by atoms with van der Waals surface area (Å²) in [7, 11) is -1.46. The van der Waals surface area contributed by atoms with Gasteiger partial charge >= 0.3 is 7.82 Å². The molecule has 3 rings (SSSR count). The van der Waals surface area contributed by atoms with Gasteiger partial charge in [0.25, 0.3) is 0 Å². The number of nitrogens with zero attached hydrogens (tertiary/aromatic N) is 1. The molecule has 1 unspecified atom stereocenters. The van der Waals surface area contributed by atoms with Gasteiger partial charge < -0.3 is 23.8 Å². The Bertz CT molecular complexity index is 915. The molecular formula is C18H22NO6P. The van der Waals surface area contributed by atoms with Gasteiger partial charge in [-0.05, 0) is 42.8 Å². The molecule has 0 amide bonds. The van der Waals surface area contributed by atoms with Gasteiger partial charge in [-0.25, -0.2) is 4.57 Å². The second-order valence-corrected chi connectivity index (χ2v) is 7.17. The number of phosphoric acid groups is 1. The molecule has 0 aliphatic heterocycles. The predicted octanol–water partition coefficient (Wildman–Crippen LogP) is 4.22. The normalized spacial score (nSPS) is 13.3. The number of hydrogen-bond acceptors (Lipinski definition) is 4. The molecule has 0 saturated heterocycles. The minimum atomic E-state index is -4.65. The number of ether oxygens (including phenoxy) is 2. The molecule has 2 aromatic carbocycles. The minimum absolute atomic E-state index is 0.460. The highest BCUT2D eigenvalue weighted by molar-refractivity contribution is 7.46. The zero-order chi connectivity index (χ0) is 18.9. The molecule has 0 bridgehead atoms. The van der Waals surface area contributed by atoms with Crippen molar-refractivity contribution >= 4 is 29.6 Å². The van der Waals surface area contributed by atoms with E-state index >= 15 is 0 Å². The maximum Gasteiger partial charge on any atom is 0.471 e. The fraction of sp³-hybridized carbons (Fsp3) is 0.333. The first kappa shape index (κ1) is 18.7. The Kier molecular flexibility index (Phi) is 5.25. The van der Waals surface area contributed by atoms with Crippen LogP contribution in [0, 0.1) is 0 Å². The zero-order valence-electron chi connectivity index (χ0n) is 14.9. The monoisotopic (exact) mass is 379 g/mol. The Morgan fingerprint density at radius 2 is 1.50 bits per heavy atom. The summed E-state index contributed by atoms with van der Waals surface area (Å²) in [6, 6.07) is 11.2. The van der Waals surface area contributed by atoms with Crippen molar-refractivity contribution < 1.29 is 28.3 Å². The van der Waals surface area contributed by atoms with E-state index in [1.165, 1.54) is 0 Å². The fourth-order valence-electron chi connectivity index (χ4n) is 3.21. The topological polar surface area (TPSA) is 90.2 Å². The van der Waals surface area contributed by atoms with Crippen LogP contribution in [0.25, 0.3) is 21.8 Å². The van der Waals surface area contributed by atoms with Gasteiger partial charge in [-0.3, -0.25) is 4.52 Å². The quantitative estimate of drug-likeness (QED) is 0.598. The second kappa shape index (κ2) is 7.29. The van der Waals surface area contributed by atoms with Crippen LogP contribution in [0.3, 0.4) is 0 Å². The Morgan fingerprint density at radius 1 is 1.00 bits per heavy atom. The maximum absolute atomic E-state index is 11.5. The van der Waals surface area contributed by atoms with E-state index in [0.717, 1.165) is 21.8 Å². The smallest absolute Gasteiger partial charge is 0.471 e.